The summed E-state index contributed by atoms with van der Waals surface area (Å²) in [6.45, 7) is 2.08. The highest BCUT2D eigenvalue weighted by atomic mass is 16.3. The Labute approximate surface area is 134 Å². The van der Waals surface area contributed by atoms with Crippen molar-refractivity contribution in [3.05, 3.63) is 20.8 Å². The molecule has 0 amide bonds. The molecular weight excluding hydrogens is 298 g/mol. The van der Waals surface area contributed by atoms with Gasteiger partial charge >= 0.3 is 5.69 Å². The maximum absolute atomic E-state index is 12.7. The van der Waals surface area contributed by atoms with Crippen LogP contribution in [0.15, 0.2) is 9.59 Å². The lowest BCUT2D eigenvalue weighted by Gasteiger charge is -2.11. The van der Waals surface area contributed by atoms with E-state index in [9.17, 15) is 14.7 Å². The molecule has 0 aromatic carbocycles. The molecule has 8 heteroatoms. The second-order valence-electron chi connectivity index (χ2n) is 6.18. The van der Waals surface area contributed by atoms with Crippen molar-refractivity contribution in [1.82, 2.24) is 18.7 Å². The van der Waals surface area contributed by atoms with Crippen LogP contribution >= 0.6 is 0 Å². The van der Waals surface area contributed by atoms with Crippen molar-refractivity contribution in [3.8, 4) is 0 Å². The minimum Gasteiger partial charge on any atom is -0.393 e. The molecule has 2 rings (SSSR count). The zero-order valence-corrected chi connectivity index (χ0v) is 14.4. The smallest absolute Gasteiger partial charge is 0.332 e. The Hall–Kier alpha value is -2.09. The summed E-state index contributed by atoms with van der Waals surface area (Å²) in [4.78, 5) is 31.3. The van der Waals surface area contributed by atoms with E-state index in [1.807, 2.05) is 14.1 Å². The van der Waals surface area contributed by atoms with E-state index < -0.39 is 0 Å². The van der Waals surface area contributed by atoms with Gasteiger partial charge in [-0.25, -0.2) is 4.79 Å². The second-order valence-corrected chi connectivity index (χ2v) is 6.18. The van der Waals surface area contributed by atoms with Crippen LogP contribution in [0.5, 0.6) is 0 Å². The summed E-state index contributed by atoms with van der Waals surface area (Å²) < 4.78 is 4.38. The molecule has 0 radical (unpaired) electrons. The number of rotatable bonds is 6. The quantitative estimate of drug-likeness (QED) is 0.759. The van der Waals surface area contributed by atoms with Gasteiger partial charge in [0.05, 0.1) is 6.10 Å². The maximum Gasteiger partial charge on any atom is 0.332 e. The van der Waals surface area contributed by atoms with Gasteiger partial charge in [-0.1, -0.05) is 0 Å². The highest BCUT2D eigenvalue weighted by molar-refractivity contribution is 5.74. The molecule has 0 aliphatic carbocycles. The van der Waals surface area contributed by atoms with Crippen molar-refractivity contribution in [2.75, 3.05) is 19.0 Å². The number of anilines is 1. The summed E-state index contributed by atoms with van der Waals surface area (Å²) in [5.74, 6) is 0.624. The Balaban J connectivity index is 2.49. The second kappa shape index (κ2) is 6.57. The van der Waals surface area contributed by atoms with Crippen LogP contribution in [0.4, 0.5) is 5.95 Å². The Kier molecular flexibility index (Phi) is 4.93. The number of aromatic nitrogens is 4. The normalized spacial score (nSPS) is 12.8. The molecule has 1 atom stereocenters. The molecule has 0 bridgehead atoms. The summed E-state index contributed by atoms with van der Waals surface area (Å²) in [5, 5.41) is 9.28. The first-order valence-corrected chi connectivity index (χ1v) is 7.77. The van der Waals surface area contributed by atoms with E-state index in [1.54, 1.807) is 30.5 Å². The molecule has 2 aromatic rings. The number of imidazole rings is 1. The first kappa shape index (κ1) is 17.3. The number of aliphatic hydroxyl groups is 1. The lowest BCUT2D eigenvalue weighted by atomic mass is 10.2. The van der Waals surface area contributed by atoms with E-state index in [-0.39, 0.29) is 17.4 Å². The Morgan fingerprint density at radius 3 is 2.39 bits per heavy atom. The minimum absolute atomic E-state index is 0.316. The van der Waals surface area contributed by atoms with Crippen LogP contribution < -0.4 is 16.1 Å². The molecule has 23 heavy (non-hydrogen) atoms. The number of hydrogen-bond acceptors (Lipinski definition) is 5. The molecular formula is C15H25N5O3. The fourth-order valence-corrected chi connectivity index (χ4v) is 2.74. The molecule has 2 aromatic heterocycles. The molecule has 2 heterocycles. The largest absolute Gasteiger partial charge is 0.393 e. The number of hydrogen-bond donors (Lipinski definition) is 1. The van der Waals surface area contributed by atoms with E-state index >= 15 is 0 Å². The Bertz CT molecular complexity index is 813. The molecule has 0 unspecified atom stereocenters. The van der Waals surface area contributed by atoms with Crippen molar-refractivity contribution < 1.29 is 5.11 Å². The van der Waals surface area contributed by atoms with Crippen LogP contribution in [0.1, 0.15) is 26.2 Å². The fraction of sp³-hybridized carbons (Fsp3) is 0.667. The molecule has 8 nitrogen and oxygen atoms in total. The molecule has 1 N–H and O–H groups in total. The van der Waals surface area contributed by atoms with Crippen molar-refractivity contribution >= 4 is 17.1 Å². The standard InChI is InChI=1S/C15H25N5O3/c1-10(21)8-6-7-9-20-13(22)11-12(19(5)15(20)23)16-14(17(2)3)18(11)4/h10,21H,6-9H2,1-5H3/t10-/m1/s1. The van der Waals surface area contributed by atoms with Gasteiger partial charge in [0.2, 0.25) is 5.95 Å². The van der Waals surface area contributed by atoms with Crippen molar-refractivity contribution in [3.63, 3.8) is 0 Å². The SMILES string of the molecule is C[C@@H](O)CCCCn1c(=O)c2c(nc(N(C)C)n2C)n(C)c1=O. The van der Waals surface area contributed by atoms with Crippen LogP contribution in [0, 0.1) is 0 Å². The summed E-state index contributed by atoms with van der Waals surface area (Å²) in [5.41, 5.74) is 0.143. The van der Waals surface area contributed by atoms with Crippen LogP contribution in [0.3, 0.4) is 0 Å². The Morgan fingerprint density at radius 2 is 1.83 bits per heavy atom. The minimum atomic E-state index is -0.364. The maximum atomic E-state index is 12.7. The van der Waals surface area contributed by atoms with Crippen LogP contribution in [-0.2, 0) is 20.6 Å². The topological polar surface area (TPSA) is 85.3 Å². The highest BCUT2D eigenvalue weighted by Crippen LogP contribution is 2.15. The number of nitrogens with zero attached hydrogens (tertiary/aromatic N) is 5. The molecule has 0 aliphatic heterocycles. The third-order valence-corrected chi connectivity index (χ3v) is 3.99. The van der Waals surface area contributed by atoms with Crippen LogP contribution in [0.25, 0.3) is 11.2 Å². The van der Waals surface area contributed by atoms with Crippen LogP contribution in [0.2, 0.25) is 0 Å². The fourth-order valence-electron chi connectivity index (χ4n) is 2.74. The zero-order valence-electron chi connectivity index (χ0n) is 14.4. The Morgan fingerprint density at radius 1 is 1.17 bits per heavy atom. The van der Waals surface area contributed by atoms with Crippen molar-refractivity contribution in [2.24, 2.45) is 14.1 Å². The monoisotopic (exact) mass is 323 g/mol. The van der Waals surface area contributed by atoms with Gasteiger partial charge in [0.1, 0.15) is 0 Å². The third-order valence-electron chi connectivity index (χ3n) is 3.99. The van der Waals surface area contributed by atoms with Crippen molar-refractivity contribution in [1.29, 1.82) is 0 Å². The molecule has 0 aliphatic rings. The number of aryl methyl sites for hydroxylation is 2. The van der Waals surface area contributed by atoms with Gasteiger partial charge in [-0.05, 0) is 26.2 Å². The van der Waals surface area contributed by atoms with Crippen LogP contribution in [-0.4, -0.2) is 44.0 Å². The average Bonchev–Trinajstić information content (AvgIpc) is 2.82. The van der Waals surface area contributed by atoms with Gasteiger partial charge in [-0.2, -0.15) is 4.98 Å². The molecule has 0 fully saturated rings. The molecule has 0 spiro atoms. The third kappa shape index (κ3) is 3.17. The average molecular weight is 323 g/mol. The van der Waals surface area contributed by atoms with E-state index in [4.69, 9.17) is 0 Å². The van der Waals surface area contributed by atoms with E-state index in [1.165, 1.54) is 9.13 Å². The predicted molar refractivity (Wildman–Crippen MR) is 90.1 cm³/mol. The molecule has 0 saturated heterocycles. The number of aliphatic hydroxyl groups excluding tert-OH is 1. The van der Waals surface area contributed by atoms with E-state index in [0.29, 0.717) is 36.5 Å². The summed E-state index contributed by atoms with van der Waals surface area (Å²) in [7, 11) is 7.08. The van der Waals surface area contributed by atoms with Gasteiger partial charge in [0, 0.05) is 34.7 Å². The van der Waals surface area contributed by atoms with Gasteiger partial charge < -0.3 is 14.6 Å². The number of unbranched alkanes of at least 4 members (excludes halogenated alkanes) is 1. The molecule has 0 saturated carbocycles. The van der Waals surface area contributed by atoms with Gasteiger partial charge in [0.15, 0.2) is 11.2 Å². The predicted octanol–water partition coefficient (Wildman–Crippen LogP) is 0.0508. The lowest BCUT2D eigenvalue weighted by molar-refractivity contribution is 0.180. The first-order chi connectivity index (χ1) is 10.8. The summed E-state index contributed by atoms with van der Waals surface area (Å²) in [6, 6.07) is 0. The number of fused-ring (bicyclic) bond motifs is 1. The van der Waals surface area contributed by atoms with Gasteiger partial charge in [-0.3, -0.25) is 13.9 Å². The van der Waals surface area contributed by atoms with Gasteiger partial charge in [-0.15, -0.1) is 0 Å². The highest BCUT2D eigenvalue weighted by Gasteiger charge is 2.18. The van der Waals surface area contributed by atoms with E-state index in [2.05, 4.69) is 4.98 Å². The molecule has 128 valence electrons. The van der Waals surface area contributed by atoms with Gasteiger partial charge in [0.25, 0.3) is 5.56 Å². The zero-order chi connectivity index (χ0) is 17.3. The van der Waals surface area contributed by atoms with Crippen molar-refractivity contribution in [2.45, 2.75) is 38.8 Å². The van der Waals surface area contributed by atoms with E-state index in [0.717, 1.165) is 6.42 Å². The lowest BCUT2D eigenvalue weighted by Crippen LogP contribution is -2.39. The summed E-state index contributed by atoms with van der Waals surface area (Å²) in [6.07, 6.45) is 1.73. The summed E-state index contributed by atoms with van der Waals surface area (Å²) >= 11 is 0. The first-order valence-electron chi connectivity index (χ1n) is 7.77.